The number of H-pyrrole nitrogens is 1. The maximum Gasteiger partial charge on any atom is 0.195 e. The minimum Gasteiger partial charge on any atom is -0.488 e. The first-order valence-electron chi connectivity index (χ1n) is 6.75. The van der Waals surface area contributed by atoms with Gasteiger partial charge in [-0.25, -0.2) is 0 Å². The van der Waals surface area contributed by atoms with Crippen molar-refractivity contribution < 1.29 is 4.74 Å². The first-order chi connectivity index (χ1) is 10.3. The van der Waals surface area contributed by atoms with Gasteiger partial charge in [-0.3, -0.25) is 9.67 Å². The van der Waals surface area contributed by atoms with Gasteiger partial charge >= 0.3 is 0 Å². The van der Waals surface area contributed by atoms with Crippen LogP contribution in [0.25, 0.3) is 10.7 Å². The molecule has 1 aromatic carbocycles. The van der Waals surface area contributed by atoms with E-state index in [1.165, 1.54) is 5.56 Å². The number of aromatic amines is 1. The van der Waals surface area contributed by atoms with Crippen LogP contribution in [0, 0.1) is 4.77 Å². The van der Waals surface area contributed by atoms with Crippen molar-refractivity contribution in [1.29, 1.82) is 0 Å². The highest BCUT2D eigenvalue weighted by molar-refractivity contribution is 7.71. The van der Waals surface area contributed by atoms with Crippen molar-refractivity contribution in [1.82, 2.24) is 14.8 Å². The topological polar surface area (TPSA) is 42.8 Å². The van der Waals surface area contributed by atoms with E-state index in [0.29, 0.717) is 11.3 Å². The van der Waals surface area contributed by atoms with Crippen LogP contribution < -0.4 is 4.74 Å². The number of ether oxygens (including phenoxy) is 1. The van der Waals surface area contributed by atoms with Gasteiger partial charge in [0.25, 0.3) is 0 Å². The number of nitrogens with one attached hydrogen (secondary N) is 1. The van der Waals surface area contributed by atoms with E-state index in [1.54, 1.807) is 11.3 Å². The van der Waals surface area contributed by atoms with Gasteiger partial charge in [0.05, 0.1) is 11.4 Å². The number of hydrogen-bond acceptors (Lipinski definition) is 4. The lowest BCUT2D eigenvalue weighted by atomic mass is 10.1. The molecule has 106 valence electrons. The Morgan fingerprint density at radius 3 is 3.05 bits per heavy atom. The molecule has 4 nitrogen and oxygen atoms in total. The van der Waals surface area contributed by atoms with E-state index >= 15 is 0 Å². The Hall–Kier alpha value is -1.92. The third-order valence-electron chi connectivity index (χ3n) is 3.60. The molecule has 2 aromatic heterocycles. The molecule has 0 saturated heterocycles. The molecule has 1 aliphatic heterocycles. The Bertz CT molecular complexity index is 795. The second kappa shape index (κ2) is 5.13. The van der Waals surface area contributed by atoms with Crippen molar-refractivity contribution in [2.75, 3.05) is 0 Å². The molecule has 0 fully saturated rings. The summed E-state index contributed by atoms with van der Waals surface area (Å²) in [4.78, 5) is 1.11. The molecule has 21 heavy (non-hydrogen) atoms. The smallest absolute Gasteiger partial charge is 0.195 e. The van der Waals surface area contributed by atoms with E-state index < -0.39 is 0 Å². The molecule has 4 rings (SSSR count). The van der Waals surface area contributed by atoms with E-state index in [4.69, 9.17) is 17.0 Å². The van der Waals surface area contributed by atoms with E-state index in [2.05, 4.69) is 22.3 Å². The number of benzene rings is 1. The van der Waals surface area contributed by atoms with Crippen LogP contribution in [-0.4, -0.2) is 20.9 Å². The van der Waals surface area contributed by atoms with E-state index in [1.807, 2.05) is 34.2 Å². The summed E-state index contributed by atoms with van der Waals surface area (Å²) in [6.45, 7) is 0.706. The lowest BCUT2D eigenvalue weighted by Gasteiger charge is -2.12. The Balaban J connectivity index is 1.62. The first-order valence-corrected chi connectivity index (χ1v) is 8.04. The van der Waals surface area contributed by atoms with Crippen LogP contribution >= 0.6 is 23.6 Å². The Labute approximate surface area is 131 Å². The van der Waals surface area contributed by atoms with Crippen molar-refractivity contribution in [2.45, 2.75) is 19.1 Å². The number of thiophene rings is 1. The quantitative estimate of drug-likeness (QED) is 0.750. The molecule has 1 N–H and O–H groups in total. The highest BCUT2D eigenvalue weighted by Crippen LogP contribution is 2.30. The van der Waals surface area contributed by atoms with Gasteiger partial charge in [-0.15, -0.1) is 11.3 Å². The van der Waals surface area contributed by atoms with Crippen LogP contribution in [-0.2, 0) is 13.0 Å². The summed E-state index contributed by atoms with van der Waals surface area (Å²) in [7, 11) is 0. The van der Waals surface area contributed by atoms with Gasteiger partial charge in [0.15, 0.2) is 10.6 Å². The molecule has 0 bridgehead atoms. The summed E-state index contributed by atoms with van der Waals surface area (Å²) in [5, 5.41) is 9.28. The standard InChI is InChI=1S/C15H13N3OS2/c20-15-17-16-14(13-6-3-7-21-13)18(15)9-11-8-10-4-1-2-5-12(10)19-11/h1-7,11H,8-9H2,(H,17,20). The Morgan fingerprint density at radius 1 is 1.33 bits per heavy atom. The Morgan fingerprint density at radius 2 is 2.24 bits per heavy atom. The van der Waals surface area contributed by atoms with Crippen LogP contribution in [0.3, 0.4) is 0 Å². The summed E-state index contributed by atoms with van der Waals surface area (Å²) in [6.07, 6.45) is 1.01. The van der Waals surface area contributed by atoms with Gasteiger partial charge in [-0.05, 0) is 35.3 Å². The lowest BCUT2D eigenvalue weighted by Crippen LogP contribution is -2.21. The minimum atomic E-state index is 0.102. The molecule has 0 aliphatic carbocycles. The molecular formula is C15H13N3OS2. The van der Waals surface area contributed by atoms with Gasteiger partial charge in [-0.1, -0.05) is 24.3 Å². The van der Waals surface area contributed by atoms with E-state index in [0.717, 1.165) is 22.9 Å². The zero-order chi connectivity index (χ0) is 14.2. The molecule has 0 amide bonds. The summed E-state index contributed by atoms with van der Waals surface area (Å²) >= 11 is 7.02. The molecule has 1 atom stereocenters. The summed E-state index contributed by atoms with van der Waals surface area (Å²) in [5.74, 6) is 1.87. The fourth-order valence-corrected chi connectivity index (χ4v) is 3.57. The molecule has 0 spiro atoms. The van der Waals surface area contributed by atoms with Crippen molar-refractivity contribution in [3.63, 3.8) is 0 Å². The fraction of sp³-hybridized carbons (Fsp3) is 0.200. The lowest BCUT2D eigenvalue weighted by molar-refractivity contribution is 0.209. The highest BCUT2D eigenvalue weighted by atomic mass is 32.1. The van der Waals surface area contributed by atoms with Gasteiger partial charge in [0, 0.05) is 6.42 Å². The fourth-order valence-electron chi connectivity index (χ4n) is 2.64. The number of aromatic nitrogens is 3. The van der Waals surface area contributed by atoms with Gasteiger partial charge in [0.2, 0.25) is 0 Å². The zero-order valence-electron chi connectivity index (χ0n) is 11.2. The van der Waals surface area contributed by atoms with Crippen LogP contribution in [0.2, 0.25) is 0 Å². The van der Waals surface area contributed by atoms with Crippen LogP contribution in [0.4, 0.5) is 0 Å². The molecule has 0 saturated carbocycles. The average molecular weight is 315 g/mol. The van der Waals surface area contributed by atoms with Crippen molar-refractivity contribution in [3.8, 4) is 16.5 Å². The first kappa shape index (κ1) is 12.8. The SMILES string of the molecule is S=c1[nH]nc(-c2cccs2)n1CC1Cc2ccccc2O1. The second-order valence-electron chi connectivity index (χ2n) is 4.99. The van der Waals surface area contributed by atoms with Gasteiger partial charge in [0.1, 0.15) is 11.9 Å². The number of para-hydroxylation sites is 1. The van der Waals surface area contributed by atoms with Gasteiger partial charge < -0.3 is 4.74 Å². The summed E-state index contributed by atoms with van der Waals surface area (Å²) in [6, 6.07) is 12.3. The van der Waals surface area contributed by atoms with Crippen LogP contribution in [0.1, 0.15) is 5.56 Å². The Kier molecular flexibility index (Phi) is 3.12. The number of nitrogens with zero attached hydrogens (tertiary/aromatic N) is 2. The number of hydrogen-bond donors (Lipinski definition) is 1. The van der Waals surface area contributed by atoms with E-state index in [-0.39, 0.29) is 6.10 Å². The molecule has 6 heteroatoms. The monoisotopic (exact) mass is 315 g/mol. The molecule has 1 unspecified atom stereocenters. The van der Waals surface area contributed by atoms with Crippen LogP contribution in [0.15, 0.2) is 41.8 Å². The maximum absolute atomic E-state index is 6.00. The second-order valence-corrected chi connectivity index (χ2v) is 6.33. The number of fused-ring (bicyclic) bond motifs is 1. The molecule has 0 radical (unpaired) electrons. The van der Waals surface area contributed by atoms with Crippen molar-refractivity contribution in [2.24, 2.45) is 0 Å². The third-order valence-corrected chi connectivity index (χ3v) is 4.78. The molecular weight excluding hydrogens is 302 g/mol. The van der Waals surface area contributed by atoms with Gasteiger partial charge in [-0.2, -0.15) is 5.10 Å². The van der Waals surface area contributed by atoms with Crippen LogP contribution in [0.5, 0.6) is 5.75 Å². The zero-order valence-corrected chi connectivity index (χ0v) is 12.8. The predicted molar refractivity (Wildman–Crippen MR) is 85.3 cm³/mol. The summed E-state index contributed by atoms with van der Waals surface area (Å²) in [5.41, 5.74) is 1.26. The normalized spacial score (nSPS) is 16.7. The van der Waals surface area contributed by atoms with Crippen molar-refractivity contribution >= 4 is 23.6 Å². The highest BCUT2D eigenvalue weighted by Gasteiger charge is 2.24. The predicted octanol–water partition coefficient (Wildman–Crippen LogP) is 3.67. The molecule has 1 aliphatic rings. The maximum atomic E-state index is 6.00. The summed E-state index contributed by atoms with van der Waals surface area (Å²) < 4.78 is 8.66. The minimum absolute atomic E-state index is 0.102. The van der Waals surface area contributed by atoms with Crippen molar-refractivity contribution in [3.05, 3.63) is 52.1 Å². The van der Waals surface area contributed by atoms with E-state index in [9.17, 15) is 0 Å². The molecule has 3 aromatic rings. The number of rotatable bonds is 3. The molecule has 3 heterocycles. The third kappa shape index (κ3) is 2.30. The largest absolute Gasteiger partial charge is 0.488 e. The average Bonchev–Trinajstić information content (AvgIpc) is 3.19.